The quantitative estimate of drug-likeness (QED) is 0.518. The van der Waals surface area contributed by atoms with Crippen molar-refractivity contribution in [3.63, 3.8) is 0 Å². The predicted octanol–water partition coefficient (Wildman–Crippen LogP) is 4.06. The summed E-state index contributed by atoms with van der Waals surface area (Å²) in [6.07, 6.45) is 3.06. The maximum absolute atomic E-state index is 12.6. The van der Waals surface area contributed by atoms with Crippen molar-refractivity contribution in [3.05, 3.63) is 59.1 Å². The van der Waals surface area contributed by atoms with Crippen LogP contribution in [0.1, 0.15) is 44.7 Å². The van der Waals surface area contributed by atoms with Crippen molar-refractivity contribution in [2.75, 3.05) is 13.2 Å². The summed E-state index contributed by atoms with van der Waals surface area (Å²) in [6.45, 7) is 4.28. The van der Waals surface area contributed by atoms with Gasteiger partial charge in [-0.25, -0.2) is 13.1 Å². The Morgan fingerprint density at radius 2 is 1.86 bits per heavy atom. The second-order valence-electron chi connectivity index (χ2n) is 6.69. The number of benzene rings is 2. The van der Waals surface area contributed by atoms with Crippen LogP contribution in [0.3, 0.4) is 0 Å². The van der Waals surface area contributed by atoms with Gasteiger partial charge in [0.2, 0.25) is 10.0 Å². The van der Waals surface area contributed by atoms with Crippen LogP contribution >= 0.6 is 11.6 Å². The van der Waals surface area contributed by atoms with Crippen molar-refractivity contribution < 1.29 is 17.9 Å². The van der Waals surface area contributed by atoms with E-state index in [1.165, 1.54) is 18.2 Å². The van der Waals surface area contributed by atoms with Gasteiger partial charge in [-0.3, -0.25) is 4.79 Å². The van der Waals surface area contributed by atoms with Crippen LogP contribution in [0.4, 0.5) is 0 Å². The van der Waals surface area contributed by atoms with Crippen molar-refractivity contribution in [1.29, 1.82) is 0 Å². The number of amides is 1. The Hall–Kier alpha value is -2.09. The molecule has 0 spiro atoms. The number of unbranched alkanes of at least 4 members (excludes halogenated alkanes) is 2. The van der Waals surface area contributed by atoms with E-state index in [9.17, 15) is 13.2 Å². The van der Waals surface area contributed by atoms with Crippen LogP contribution in [0.5, 0.6) is 5.75 Å². The van der Waals surface area contributed by atoms with Gasteiger partial charge in [0.1, 0.15) is 5.75 Å². The summed E-state index contributed by atoms with van der Waals surface area (Å²) in [4.78, 5) is 11.8. The van der Waals surface area contributed by atoms with Gasteiger partial charge in [-0.15, -0.1) is 0 Å². The molecule has 0 unspecified atom stereocenters. The fourth-order valence-electron chi connectivity index (χ4n) is 2.67. The smallest absolute Gasteiger partial charge is 0.257 e. The molecule has 1 atom stereocenters. The Bertz CT molecular complexity index is 904. The molecule has 0 saturated carbocycles. The van der Waals surface area contributed by atoms with Crippen LogP contribution in [0.25, 0.3) is 0 Å². The van der Waals surface area contributed by atoms with Crippen molar-refractivity contribution in [2.24, 2.45) is 0 Å². The van der Waals surface area contributed by atoms with E-state index in [1.807, 2.05) is 30.3 Å². The standard InChI is InChI=1S/C21H27ClN2O4S/c1-3-4-8-13-23-21(25)15-28-20-12-11-18(14-19(20)22)29(26,27)24-16(2)17-9-6-5-7-10-17/h5-7,9-12,14,16,24H,3-4,8,13,15H2,1-2H3,(H,23,25)/t16-/m0/s1. The molecule has 0 fully saturated rings. The topological polar surface area (TPSA) is 84.5 Å². The molecule has 2 N–H and O–H groups in total. The highest BCUT2D eigenvalue weighted by Gasteiger charge is 2.20. The molecule has 2 rings (SSSR count). The minimum atomic E-state index is -3.76. The molecule has 0 radical (unpaired) electrons. The SMILES string of the molecule is CCCCCNC(=O)COc1ccc(S(=O)(=O)N[C@@H](C)c2ccccc2)cc1Cl. The van der Waals surface area contributed by atoms with Crippen LogP contribution in [0.15, 0.2) is 53.4 Å². The van der Waals surface area contributed by atoms with E-state index in [-0.39, 0.29) is 28.2 Å². The number of ether oxygens (including phenoxy) is 1. The van der Waals surface area contributed by atoms with Crippen molar-refractivity contribution >= 4 is 27.5 Å². The summed E-state index contributed by atoms with van der Waals surface area (Å²) in [5, 5.41) is 2.89. The van der Waals surface area contributed by atoms with E-state index in [0.29, 0.717) is 6.54 Å². The Labute approximate surface area is 177 Å². The second kappa shape index (κ2) is 11.2. The Morgan fingerprint density at radius 3 is 2.52 bits per heavy atom. The van der Waals surface area contributed by atoms with E-state index < -0.39 is 16.1 Å². The highest BCUT2D eigenvalue weighted by molar-refractivity contribution is 7.89. The van der Waals surface area contributed by atoms with Crippen LogP contribution in [0, 0.1) is 0 Å². The first-order valence-electron chi connectivity index (χ1n) is 9.60. The van der Waals surface area contributed by atoms with Gasteiger partial charge in [-0.05, 0) is 37.1 Å². The van der Waals surface area contributed by atoms with Crippen LogP contribution in [-0.4, -0.2) is 27.5 Å². The van der Waals surface area contributed by atoms with Crippen molar-refractivity contribution in [1.82, 2.24) is 10.0 Å². The fourth-order valence-corrected chi connectivity index (χ4v) is 4.23. The highest BCUT2D eigenvalue weighted by Crippen LogP contribution is 2.28. The molecule has 0 saturated heterocycles. The summed E-state index contributed by atoms with van der Waals surface area (Å²) >= 11 is 6.17. The van der Waals surface area contributed by atoms with Crippen LogP contribution in [0.2, 0.25) is 5.02 Å². The molecule has 2 aromatic carbocycles. The molecule has 29 heavy (non-hydrogen) atoms. The van der Waals surface area contributed by atoms with Gasteiger partial charge >= 0.3 is 0 Å². The third-order valence-corrected chi connectivity index (χ3v) is 6.14. The molecule has 8 heteroatoms. The highest BCUT2D eigenvalue weighted by atomic mass is 35.5. The van der Waals surface area contributed by atoms with E-state index in [4.69, 9.17) is 16.3 Å². The molecule has 6 nitrogen and oxygen atoms in total. The molecule has 0 aliphatic carbocycles. The fraction of sp³-hybridized carbons (Fsp3) is 0.381. The van der Waals surface area contributed by atoms with Gasteiger partial charge in [0.05, 0.1) is 9.92 Å². The lowest BCUT2D eigenvalue weighted by Crippen LogP contribution is -2.29. The zero-order valence-electron chi connectivity index (χ0n) is 16.7. The monoisotopic (exact) mass is 438 g/mol. The minimum Gasteiger partial charge on any atom is -0.482 e. The maximum atomic E-state index is 12.6. The summed E-state index contributed by atoms with van der Waals surface area (Å²) in [5.74, 6) is 0.0117. The lowest BCUT2D eigenvalue weighted by Gasteiger charge is -2.15. The number of nitrogens with one attached hydrogen (secondary N) is 2. The third-order valence-electron chi connectivity index (χ3n) is 4.31. The number of carbonyl (C=O) groups excluding carboxylic acids is 1. The number of hydrogen-bond acceptors (Lipinski definition) is 4. The number of sulfonamides is 1. The van der Waals surface area contributed by atoms with E-state index in [2.05, 4.69) is 17.0 Å². The number of rotatable bonds is 11. The summed E-state index contributed by atoms with van der Waals surface area (Å²) in [7, 11) is -3.76. The van der Waals surface area contributed by atoms with Gasteiger partial charge in [-0.1, -0.05) is 61.7 Å². The molecule has 2 aromatic rings. The van der Waals surface area contributed by atoms with Gasteiger partial charge in [0, 0.05) is 12.6 Å². The van der Waals surface area contributed by atoms with Gasteiger partial charge < -0.3 is 10.1 Å². The Balaban J connectivity index is 1.96. The Kier molecular flexibility index (Phi) is 8.95. The normalized spacial score (nSPS) is 12.4. The largest absolute Gasteiger partial charge is 0.482 e. The van der Waals surface area contributed by atoms with Crippen LogP contribution in [-0.2, 0) is 14.8 Å². The summed E-state index contributed by atoms with van der Waals surface area (Å²) in [6, 6.07) is 13.0. The predicted molar refractivity (Wildman–Crippen MR) is 115 cm³/mol. The van der Waals surface area contributed by atoms with Crippen LogP contribution < -0.4 is 14.8 Å². The molecule has 1 amide bonds. The number of halogens is 1. The average Bonchev–Trinajstić information content (AvgIpc) is 2.70. The summed E-state index contributed by atoms with van der Waals surface area (Å²) < 4.78 is 33.3. The molecular weight excluding hydrogens is 412 g/mol. The van der Waals surface area contributed by atoms with Gasteiger partial charge in [-0.2, -0.15) is 0 Å². The molecule has 0 bridgehead atoms. The maximum Gasteiger partial charge on any atom is 0.257 e. The second-order valence-corrected chi connectivity index (χ2v) is 8.81. The first kappa shape index (κ1) is 23.2. The molecular formula is C21H27ClN2O4S. The van der Waals surface area contributed by atoms with E-state index in [0.717, 1.165) is 24.8 Å². The molecule has 158 valence electrons. The minimum absolute atomic E-state index is 0.0293. The van der Waals surface area contributed by atoms with E-state index >= 15 is 0 Å². The average molecular weight is 439 g/mol. The zero-order valence-corrected chi connectivity index (χ0v) is 18.2. The zero-order chi connectivity index (χ0) is 21.3. The molecule has 0 aliphatic heterocycles. The molecule has 0 aromatic heterocycles. The number of carbonyl (C=O) groups is 1. The lowest BCUT2D eigenvalue weighted by molar-refractivity contribution is -0.123. The summed E-state index contributed by atoms with van der Waals surface area (Å²) in [5.41, 5.74) is 0.854. The van der Waals surface area contributed by atoms with Gasteiger partial charge in [0.25, 0.3) is 5.91 Å². The third kappa shape index (κ3) is 7.34. The van der Waals surface area contributed by atoms with Crippen molar-refractivity contribution in [3.8, 4) is 5.75 Å². The molecule has 0 heterocycles. The molecule has 0 aliphatic rings. The van der Waals surface area contributed by atoms with Crippen molar-refractivity contribution in [2.45, 2.75) is 44.0 Å². The van der Waals surface area contributed by atoms with E-state index in [1.54, 1.807) is 6.92 Å². The first-order chi connectivity index (χ1) is 13.8. The Morgan fingerprint density at radius 1 is 1.14 bits per heavy atom. The first-order valence-corrected chi connectivity index (χ1v) is 11.5. The number of hydrogen-bond donors (Lipinski definition) is 2. The van der Waals surface area contributed by atoms with Gasteiger partial charge in [0.15, 0.2) is 6.61 Å². The lowest BCUT2D eigenvalue weighted by atomic mass is 10.1.